The lowest BCUT2D eigenvalue weighted by atomic mass is 9.78. The molecule has 5 heteroatoms. The Bertz CT molecular complexity index is 454. The number of anilines is 1. The van der Waals surface area contributed by atoms with E-state index in [0.717, 1.165) is 38.2 Å². The van der Waals surface area contributed by atoms with Crippen LogP contribution in [0.1, 0.15) is 19.3 Å². The van der Waals surface area contributed by atoms with E-state index in [0.29, 0.717) is 11.6 Å². The van der Waals surface area contributed by atoms with Gasteiger partial charge in [-0.1, -0.05) is 11.6 Å². The lowest BCUT2D eigenvalue weighted by Crippen LogP contribution is -2.38. The molecule has 0 bridgehead atoms. The number of rotatable bonds is 1. The predicted octanol–water partition coefficient (Wildman–Crippen LogP) is 1.84. The zero-order valence-corrected chi connectivity index (χ0v) is 10.9. The lowest BCUT2D eigenvalue weighted by Gasteiger charge is -2.33. The maximum absolute atomic E-state index is 12.2. The van der Waals surface area contributed by atoms with Crippen molar-refractivity contribution in [1.29, 1.82) is 0 Å². The molecule has 0 unspecified atom stereocenters. The summed E-state index contributed by atoms with van der Waals surface area (Å²) in [5.74, 6) is 0.209. The molecule has 1 spiro atoms. The monoisotopic (exact) mass is 265 g/mol. The Balaban J connectivity index is 1.82. The average Bonchev–Trinajstić information content (AvgIpc) is 2.68. The first-order valence-corrected chi connectivity index (χ1v) is 6.69. The number of amides is 1. The molecule has 1 amide bonds. The molecule has 2 aliphatic heterocycles. The molecule has 96 valence electrons. The van der Waals surface area contributed by atoms with E-state index in [-0.39, 0.29) is 11.3 Å². The van der Waals surface area contributed by atoms with Crippen molar-refractivity contribution in [3.05, 3.63) is 23.5 Å². The van der Waals surface area contributed by atoms with Gasteiger partial charge >= 0.3 is 0 Å². The van der Waals surface area contributed by atoms with Gasteiger partial charge in [-0.25, -0.2) is 4.98 Å². The van der Waals surface area contributed by atoms with E-state index >= 15 is 0 Å². The molecule has 2 fully saturated rings. The van der Waals surface area contributed by atoms with Gasteiger partial charge in [0.05, 0.1) is 11.9 Å². The van der Waals surface area contributed by atoms with E-state index < -0.39 is 0 Å². The van der Waals surface area contributed by atoms with Crippen molar-refractivity contribution in [2.45, 2.75) is 19.3 Å². The van der Waals surface area contributed by atoms with E-state index in [2.05, 4.69) is 10.3 Å². The van der Waals surface area contributed by atoms with Crippen LogP contribution in [0.25, 0.3) is 0 Å². The van der Waals surface area contributed by atoms with Gasteiger partial charge in [-0.15, -0.1) is 0 Å². The molecule has 18 heavy (non-hydrogen) atoms. The lowest BCUT2D eigenvalue weighted by molar-refractivity contribution is -0.117. The fraction of sp³-hybridized carbons (Fsp3) is 0.538. The van der Waals surface area contributed by atoms with E-state index in [9.17, 15) is 4.79 Å². The van der Waals surface area contributed by atoms with E-state index in [1.807, 2.05) is 11.0 Å². The van der Waals surface area contributed by atoms with Gasteiger partial charge in [0.15, 0.2) is 0 Å². The summed E-state index contributed by atoms with van der Waals surface area (Å²) in [6.07, 6.45) is 4.50. The summed E-state index contributed by atoms with van der Waals surface area (Å²) in [6, 6.07) is 3.60. The minimum absolute atomic E-state index is 0.169. The molecule has 0 aromatic carbocycles. The Morgan fingerprint density at radius 1 is 1.33 bits per heavy atom. The summed E-state index contributed by atoms with van der Waals surface area (Å²) >= 11 is 5.77. The smallest absolute Gasteiger partial charge is 0.227 e. The summed E-state index contributed by atoms with van der Waals surface area (Å²) < 4.78 is 0. The van der Waals surface area contributed by atoms with Crippen molar-refractivity contribution in [3.8, 4) is 0 Å². The van der Waals surface area contributed by atoms with Gasteiger partial charge in [-0.05, 0) is 43.5 Å². The number of pyridine rings is 1. The summed E-state index contributed by atoms with van der Waals surface area (Å²) in [7, 11) is 0. The van der Waals surface area contributed by atoms with Gasteiger partial charge in [-0.3, -0.25) is 4.79 Å². The van der Waals surface area contributed by atoms with Gasteiger partial charge in [0.1, 0.15) is 5.15 Å². The topological polar surface area (TPSA) is 45.2 Å². The van der Waals surface area contributed by atoms with Crippen LogP contribution in [0.15, 0.2) is 18.3 Å². The van der Waals surface area contributed by atoms with E-state index in [1.54, 1.807) is 12.3 Å². The van der Waals surface area contributed by atoms with Crippen LogP contribution in [0, 0.1) is 5.41 Å². The first-order valence-electron chi connectivity index (χ1n) is 6.31. The maximum atomic E-state index is 12.2. The summed E-state index contributed by atoms with van der Waals surface area (Å²) in [5.41, 5.74) is 1.03. The number of carbonyl (C=O) groups excluding carboxylic acids is 1. The molecule has 1 N–H and O–H groups in total. The number of hydrogen-bond acceptors (Lipinski definition) is 3. The molecule has 3 heterocycles. The molecule has 4 nitrogen and oxygen atoms in total. The van der Waals surface area contributed by atoms with Crippen molar-refractivity contribution >= 4 is 23.2 Å². The fourth-order valence-electron chi connectivity index (χ4n) is 2.95. The van der Waals surface area contributed by atoms with E-state index in [1.165, 1.54) is 0 Å². The molecule has 2 saturated heterocycles. The summed E-state index contributed by atoms with van der Waals surface area (Å²) in [5, 5.41) is 3.81. The highest BCUT2D eigenvalue weighted by Crippen LogP contribution is 2.40. The van der Waals surface area contributed by atoms with Crippen molar-refractivity contribution in [1.82, 2.24) is 10.3 Å². The van der Waals surface area contributed by atoms with Crippen LogP contribution < -0.4 is 10.2 Å². The number of halogens is 1. The Hall–Kier alpha value is -1.13. The van der Waals surface area contributed by atoms with Gasteiger partial charge in [0.2, 0.25) is 5.91 Å². The first-order chi connectivity index (χ1) is 8.69. The third kappa shape index (κ3) is 2.10. The normalized spacial score (nSPS) is 22.7. The van der Waals surface area contributed by atoms with Gasteiger partial charge in [-0.2, -0.15) is 0 Å². The molecule has 1 aromatic rings. The number of aromatic nitrogens is 1. The van der Waals surface area contributed by atoms with Crippen LogP contribution >= 0.6 is 11.6 Å². The molecular weight excluding hydrogens is 250 g/mol. The van der Waals surface area contributed by atoms with Crippen LogP contribution in [-0.4, -0.2) is 30.5 Å². The van der Waals surface area contributed by atoms with Crippen molar-refractivity contribution in [2.75, 3.05) is 24.5 Å². The van der Waals surface area contributed by atoms with Crippen LogP contribution in [0.4, 0.5) is 5.69 Å². The number of nitrogens with zero attached hydrogens (tertiary/aromatic N) is 2. The first kappa shape index (κ1) is 11.9. The largest absolute Gasteiger partial charge is 0.317 e. The fourth-order valence-corrected chi connectivity index (χ4v) is 3.06. The Labute approximate surface area is 111 Å². The van der Waals surface area contributed by atoms with Gasteiger partial charge in [0.25, 0.3) is 0 Å². The molecule has 2 aliphatic rings. The second-order valence-corrected chi connectivity index (χ2v) is 5.63. The Kier molecular flexibility index (Phi) is 2.99. The highest BCUT2D eigenvalue weighted by molar-refractivity contribution is 6.29. The minimum atomic E-state index is 0.169. The highest BCUT2D eigenvalue weighted by atomic mass is 35.5. The summed E-state index contributed by atoms with van der Waals surface area (Å²) in [6.45, 7) is 2.84. The van der Waals surface area contributed by atoms with Gasteiger partial charge in [0, 0.05) is 13.0 Å². The second-order valence-electron chi connectivity index (χ2n) is 5.25. The molecule has 0 atom stereocenters. The van der Waals surface area contributed by atoms with Crippen molar-refractivity contribution < 1.29 is 4.79 Å². The molecule has 3 rings (SSSR count). The standard InChI is InChI=1S/C13H16ClN3O/c14-11-2-1-10(8-16-11)17-9-13(7-12(17)18)3-5-15-6-4-13/h1-2,8,15H,3-7,9H2. The van der Waals surface area contributed by atoms with Crippen LogP contribution in [0.2, 0.25) is 5.15 Å². The number of carbonyl (C=O) groups is 1. The zero-order chi connectivity index (χ0) is 12.6. The number of piperidine rings is 1. The van der Waals surface area contributed by atoms with Crippen molar-refractivity contribution in [3.63, 3.8) is 0 Å². The highest BCUT2D eigenvalue weighted by Gasteiger charge is 2.44. The predicted molar refractivity (Wildman–Crippen MR) is 70.8 cm³/mol. The zero-order valence-electron chi connectivity index (χ0n) is 10.2. The Morgan fingerprint density at radius 3 is 2.78 bits per heavy atom. The summed E-state index contributed by atoms with van der Waals surface area (Å²) in [4.78, 5) is 18.1. The average molecular weight is 266 g/mol. The van der Waals surface area contributed by atoms with Crippen LogP contribution in [-0.2, 0) is 4.79 Å². The molecule has 0 radical (unpaired) electrons. The van der Waals surface area contributed by atoms with E-state index in [4.69, 9.17) is 11.6 Å². The molecule has 0 aliphatic carbocycles. The molecular formula is C13H16ClN3O. The quantitative estimate of drug-likeness (QED) is 0.788. The number of hydrogen-bond donors (Lipinski definition) is 1. The molecule has 1 aromatic heterocycles. The SMILES string of the molecule is O=C1CC2(CCNCC2)CN1c1ccc(Cl)nc1. The van der Waals surface area contributed by atoms with Crippen LogP contribution in [0.5, 0.6) is 0 Å². The third-order valence-corrected chi connectivity index (χ3v) is 4.23. The van der Waals surface area contributed by atoms with Gasteiger partial charge < -0.3 is 10.2 Å². The van der Waals surface area contributed by atoms with Crippen molar-refractivity contribution in [2.24, 2.45) is 5.41 Å². The minimum Gasteiger partial charge on any atom is -0.317 e. The third-order valence-electron chi connectivity index (χ3n) is 4.01. The molecule has 0 saturated carbocycles. The number of nitrogens with one attached hydrogen (secondary N) is 1. The van der Waals surface area contributed by atoms with Crippen LogP contribution in [0.3, 0.4) is 0 Å². The maximum Gasteiger partial charge on any atom is 0.227 e. The Morgan fingerprint density at radius 2 is 2.11 bits per heavy atom. The second kappa shape index (κ2) is 4.52.